The molecule has 0 amide bonds. The van der Waals surface area contributed by atoms with Gasteiger partial charge in [0.1, 0.15) is 23.0 Å². The molecule has 9 heteroatoms. The van der Waals surface area contributed by atoms with Gasteiger partial charge in [-0.3, -0.25) is 24.0 Å². The zero-order valence-corrected chi connectivity index (χ0v) is 36.7. The lowest BCUT2D eigenvalue weighted by atomic mass is 10.0. The second-order valence-electron chi connectivity index (χ2n) is 13.3. The van der Waals surface area contributed by atoms with Gasteiger partial charge in [0.05, 0.1) is 28.4 Å². The van der Waals surface area contributed by atoms with Crippen molar-refractivity contribution in [3.63, 3.8) is 0 Å². The lowest BCUT2D eigenvalue weighted by Crippen LogP contribution is -1.96. The van der Waals surface area contributed by atoms with Crippen LogP contribution in [-0.2, 0) is 6.42 Å². The van der Waals surface area contributed by atoms with Crippen molar-refractivity contribution in [2.75, 3.05) is 28.4 Å². The summed E-state index contributed by atoms with van der Waals surface area (Å²) in [4.78, 5) is 54.3. The maximum absolute atomic E-state index is 10.9. The summed E-state index contributed by atoms with van der Waals surface area (Å²) < 4.78 is 20.0. The summed E-state index contributed by atoms with van der Waals surface area (Å²) in [5, 5.41) is 0. The molecule has 71 heavy (non-hydrogen) atoms. The quantitative estimate of drug-likeness (QED) is 0.117. The predicted molar refractivity (Wildman–Crippen MR) is 311 cm³/mol. The van der Waals surface area contributed by atoms with E-state index < -0.39 is 0 Å². The molecule has 0 aliphatic heterocycles. The molecule has 6 aromatic carbocycles. The van der Waals surface area contributed by atoms with Crippen LogP contribution in [0.5, 0.6) is 23.0 Å². The van der Waals surface area contributed by atoms with Crippen LogP contribution in [-0.4, -0.2) is 57.4 Å². The minimum atomic E-state index is -0.0156. The number of Topliss-reactive ketones (excluding diaryl/α,β-unsaturated/α-hetero) is 5. The summed E-state index contributed by atoms with van der Waals surface area (Å²) >= 11 is 0. The highest BCUT2D eigenvalue weighted by atomic mass is 16.5. The molecule has 6 rings (SSSR count). The number of hydrogen-bond donors (Lipinski definition) is 0. The van der Waals surface area contributed by atoms with Crippen LogP contribution in [0.2, 0.25) is 0 Å². The van der Waals surface area contributed by atoms with Gasteiger partial charge in [-0.25, -0.2) is 0 Å². The Balaban J connectivity index is -0.0000000942. The minimum Gasteiger partial charge on any atom is -0.497 e. The van der Waals surface area contributed by atoms with Crippen LogP contribution >= 0.6 is 0 Å². The van der Waals surface area contributed by atoms with Crippen molar-refractivity contribution in [1.29, 1.82) is 0 Å². The van der Waals surface area contributed by atoms with Crippen LogP contribution < -0.4 is 18.9 Å². The number of hydrogen-bond acceptors (Lipinski definition) is 9. The first-order valence-corrected chi connectivity index (χ1v) is 19.5. The summed E-state index contributed by atoms with van der Waals surface area (Å²) in [5.41, 5.74) is 7.01. The Morgan fingerprint density at radius 3 is 0.746 bits per heavy atom. The first kappa shape index (κ1) is 83.9. The van der Waals surface area contributed by atoms with E-state index in [0.717, 1.165) is 29.4 Å². The van der Waals surface area contributed by atoms with Crippen molar-refractivity contribution in [2.24, 2.45) is 0 Å². The highest BCUT2D eigenvalue weighted by Gasteiger charge is 2.04. The number of methoxy groups -OCH3 is 4. The van der Waals surface area contributed by atoms with Crippen molar-refractivity contribution >= 4 is 28.9 Å². The molecule has 0 saturated carbocycles. The molecule has 0 unspecified atom stereocenters. The average molecular weight is 985 g/mol. The number of benzene rings is 6. The number of ketones is 5. The second kappa shape index (κ2) is 45.3. The molecular weight excluding hydrogens is 889 g/mol. The van der Waals surface area contributed by atoms with Crippen molar-refractivity contribution in [1.82, 2.24) is 0 Å². The summed E-state index contributed by atoms with van der Waals surface area (Å²) in [5.74, 6) is 3.45. The van der Waals surface area contributed by atoms with Crippen molar-refractivity contribution in [3.05, 3.63) is 179 Å². The SMILES string of the molecule is C.C.C.C.C.C.C.C.C.C.CC(=O)c1ccc(C(C)=O)cc1.CC(=O)c1cccc(C(C)=O)c1.CCc1ccc(-c2ccc(OC)cc2)cc1.COc1ccc(C(C)=O)cc1.COc1ccc(OC)cc1. The summed E-state index contributed by atoms with van der Waals surface area (Å²) in [6.07, 6.45) is 1.09. The van der Waals surface area contributed by atoms with Crippen LogP contribution in [0, 0.1) is 0 Å². The first-order valence-electron chi connectivity index (χ1n) is 19.5. The van der Waals surface area contributed by atoms with Crippen LogP contribution in [0.1, 0.15) is 173 Å². The zero-order valence-electron chi connectivity index (χ0n) is 36.7. The Labute approximate surface area is 434 Å². The highest BCUT2D eigenvalue weighted by molar-refractivity contribution is 5.99. The van der Waals surface area contributed by atoms with Crippen molar-refractivity contribution < 1.29 is 42.9 Å². The Morgan fingerprint density at radius 1 is 0.310 bits per heavy atom. The third-order valence-corrected chi connectivity index (χ3v) is 8.95. The first-order chi connectivity index (χ1) is 29.1. The van der Waals surface area contributed by atoms with E-state index in [1.807, 2.05) is 36.4 Å². The number of carbonyl (C=O) groups is 5. The maximum atomic E-state index is 10.9. The average Bonchev–Trinajstić information content (AvgIpc) is 3.30. The predicted octanol–water partition coefficient (Wildman–Crippen LogP) is 18.1. The summed E-state index contributed by atoms with van der Waals surface area (Å²) in [6.45, 7) is 9.69. The van der Waals surface area contributed by atoms with Crippen molar-refractivity contribution in [3.8, 4) is 34.1 Å². The van der Waals surface area contributed by atoms with Gasteiger partial charge in [0.2, 0.25) is 0 Å². The van der Waals surface area contributed by atoms with E-state index in [0.29, 0.717) is 27.8 Å². The Bertz CT molecular complexity index is 2140. The second-order valence-corrected chi connectivity index (χ2v) is 13.3. The van der Waals surface area contributed by atoms with Gasteiger partial charge in [0.25, 0.3) is 0 Å². The van der Waals surface area contributed by atoms with E-state index in [4.69, 9.17) is 18.9 Å². The van der Waals surface area contributed by atoms with Gasteiger partial charge in [-0.1, -0.05) is 160 Å². The molecule has 0 fully saturated rings. The van der Waals surface area contributed by atoms with Gasteiger partial charge in [-0.05, 0) is 124 Å². The lowest BCUT2D eigenvalue weighted by Gasteiger charge is -2.04. The summed E-state index contributed by atoms with van der Waals surface area (Å²) in [7, 11) is 6.57. The Hall–Kier alpha value is -7.13. The molecule has 0 bridgehead atoms. The number of rotatable bonds is 11. The molecule has 0 aliphatic carbocycles. The number of carbonyl (C=O) groups excluding carboxylic acids is 5. The molecule has 0 saturated heterocycles. The Morgan fingerprint density at radius 2 is 0.521 bits per heavy atom. The fourth-order valence-corrected chi connectivity index (χ4v) is 5.15. The molecule has 0 aliphatic rings. The van der Waals surface area contributed by atoms with E-state index in [1.54, 1.807) is 108 Å². The maximum Gasteiger partial charge on any atom is 0.159 e. The van der Waals surface area contributed by atoms with Crippen molar-refractivity contribution in [2.45, 2.75) is 122 Å². The van der Waals surface area contributed by atoms with Gasteiger partial charge in [0, 0.05) is 27.8 Å². The molecule has 0 N–H and O–H groups in total. The third-order valence-electron chi connectivity index (χ3n) is 8.95. The molecular formula is C62H96O9. The molecule has 0 atom stereocenters. The van der Waals surface area contributed by atoms with E-state index in [-0.39, 0.29) is 103 Å². The monoisotopic (exact) mass is 985 g/mol. The van der Waals surface area contributed by atoms with Gasteiger partial charge in [-0.2, -0.15) is 0 Å². The van der Waals surface area contributed by atoms with Gasteiger partial charge >= 0.3 is 0 Å². The highest BCUT2D eigenvalue weighted by Crippen LogP contribution is 2.23. The summed E-state index contributed by atoms with van der Waals surface area (Å²) in [6, 6.07) is 44.7. The fourth-order valence-electron chi connectivity index (χ4n) is 5.15. The normalized spacial score (nSPS) is 8.20. The largest absolute Gasteiger partial charge is 0.497 e. The molecule has 6 aromatic rings. The van der Waals surface area contributed by atoms with Gasteiger partial charge in [-0.15, -0.1) is 0 Å². The minimum absolute atomic E-state index is 0. The fraction of sp³-hybridized carbons (Fsp3) is 0.339. The standard InChI is InChI=1S/C15H16O.2C10H10O2.C9H10O2.C8H10O2.10CH4/c1-3-12-4-6-13(7-5-12)14-8-10-15(16-2)11-9-14;1-7(11)9-3-5-10(6-4-9)8(2)12;1-7(11)9-4-3-5-10(6-9)8(2)12;1-7(10)8-3-5-9(11-2)6-4-8;1-9-7-3-5-8(10-2)6-4-7;;;;;;;;;;/h4-11H,3H2,1-2H3;2*3-6H,1-2H3;3-6H,1-2H3;3-6H,1-2H3;10*1H4. The smallest absolute Gasteiger partial charge is 0.159 e. The molecule has 398 valence electrons. The van der Waals surface area contributed by atoms with E-state index in [2.05, 4.69) is 43.3 Å². The molecule has 0 aromatic heterocycles. The topological polar surface area (TPSA) is 122 Å². The van der Waals surface area contributed by atoms with E-state index >= 15 is 0 Å². The number of aryl methyl sites for hydroxylation is 1. The van der Waals surface area contributed by atoms with Crippen LogP contribution in [0.15, 0.2) is 146 Å². The zero-order chi connectivity index (χ0) is 45.3. The molecule has 0 radical (unpaired) electrons. The Kier molecular flexibility index (Phi) is 53.5. The number of ether oxygens (including phenoxy) is 4. The lowest BCUT2D eigenvalue weighted by molar-refractivity contribution is 0.100. The van der Waals surface area contributed by atoms with Gasteiger partial charge < -0.3 is 18.9 Å². The van der Waals surface area contributed by atoms with Gasteiger partial charge in [0.15, 0.2) is 28.9 Å². The van der Waals surface area contributed by atoms with Crippen LogP contribution in [0.4, 0.5) is 0 Å². The molecule has 0 spiro atoms. The van der Waals surface area contributed by atoms with Crippen LogP contribution in [0.25, 0.3) is 11.1 Å². The van der Waals surface area contributed by atoms with E-state index in [9.17, 15) is 24.0 Å². The molecule has 0 heterocycles. The molecule has 9 nitrogen and oxygen atoms in total. The van der Waals surface area contributed by atoms with E-state index in [1.165, 1.54) is 44.4 Å². The third kappa shape index (κ3) is 30.9. The van der Waals surface area contributed by atoms with Crippen LogP contribution in [0.3, 0.4) is 0 Å².